The second-order valence-electron chi connectivity index (χ2n) is 2.75. The van der Waals surface area contributed by atoms with Crippen LogP contribution in [0.2, 0.25) is 5.02 Å². The van der Waals surface area contributed by atoms with Gasteiger partial charge in [0.25, 0.3) is 0 Å². The SMILES string of the molecule is Cc1cc(=O)oc2ncc(Cl)cc12. The van der Waals surface area contributed by atoms with Crippen LogP contribution in [0.15, 0.2) is 27.5 Å². The molecule has 3 nitrogen and oxygen atoms in total. The maximum Gasteiger partial charge on any atom is 0.337 e. The Kier molecular flexibility index (Phi) is 1.81. The van der Waals surface area contributed by atoms with Gasteiger partial charge in [0.1, 0.15) is 0 Å². The molecule has 66 valence electrons. The molecule has 0 unspecified atom stereocenters. The summed E-state index contributed by atoms with van der Waals surface area (Å²) in [5.74, 6) is 0. The lowest BCUT2D eigenvalue weighted by Crippen LogP contribution is -1.98. The number of rotatable bonds is 0. The zero-order chi connectivity index (χ0) is 9.42. The molecule has 2 rings (SSSR count). The van der Waals surface area contributed by atoms with Crippen molar-refractivity contribution in [1.82, 2.24) is 4.98 Å². The predicted molar refractivity (Wildman–Crippen MR) is 50.0 cm³/mol. The van der Waals surface area contributed by atoms with Crippen LogP contribution in [0.3, 0.4) is 0 Å². The molecule has 0 bridgehead atoms. The van der Waals surface area contributed by atoms with Gasteiger partial charge in [-0.2, -0.15) is 0 Å². The molecule has 0 saturated heterocycles. The molecule has 0 radical (unpaired) electrons. The van der Waals surface area contributed by atoms with E-state index in [0.29, 0.717) is 10.7 Å². The first kappa shape index (κ1) is 8.26. The van der Waals surface area contributed by atoms with E-state index in [1.807, 2.05) is 6.92 Å². The summed E-state index contributed by atoms with van der Waals surface area (Å²) in [5, 5.41) is 1.30. The molecule has 13 heavy (non-hydrogen) atoms. The van der Waals surface area contributed by atoms with Crippen LogP contribution in [0.4, 0.5) is 0 Å². The Morgan fingerprint density at radius 1 is 1.46 bits per heavy atom. The summed E-state index contributed by atoms with van der Waals surface area (Å²) in [5.41, 5.74) is 0.760. The normalized spacial score (nSPS) is 10.6. The van der Waals surface area contributed by atoms with Crippen LogP contribution in [-0.2, 0) is 0 Å². The molecule has 2 heterocycles. The minimum atomic E-state index is -0.389. The summed E-state index contributed by atoms with van der Waals surface area (Å²) in [6.07, 6.45) is 1.45. The van der Waals surface area contributed by atoms with Crippen molar-refractivity contribution in [3.63, 3.8) is 0 Å². The molecule has 0 atom stereocenters. The molecule has 2 aromatic rings. The predicted octanol–water partition coefficient (Wildman–Crippen LogP) is 2.15. The van der Waals surface area contributed by atoms with Crippen LogP contribution in [-0.4, -0.2) is 4.98 Å². The molecule has 4 heteroatoms. The summed E-state index contributed by atoms with van der Waals surface area (Å²) in [6, 6.07) is 3.14. The van der Waals surface area contributed by atoms with Crippen molar-refractivity contribution in [3.05, 3.63) is 39.3 Å². The minimum absolute atomic E-state index is 0.328. The summed E-state index contributed by atoms with van der Waals surface area (Å²) in [7, 11) is 0. The molecule has 0 spiro atoms. The fourth-order valence-corrected chi connectivity index (χ4v) is 1.33. The van der Waals surface area contributed by atoms with Crippen molar-refractivity contribution in [2.45, 2.75) is 6.92 Å². The zero-order valence-corrected chi connectivity index (χ0v) is 7.63. The molecule has 0 aromatic carbocycles. The average molecular weight is 196 g/mol. The molecule has 0 saturated carbocycles. The van der Waals surface area contributed by atoms with Gasteiger partial charge in [0.05, 0.1) is 5.02 Å². The van der Waals surface area contributed by atoms with Gasteiger partial charge in [0.2, 0.25) is 5.71 Å². The molecule has 0 aliphatic carbocycles. The first-order chi connectivity index (χ1) is 6.16. The van der Waals surface area contributed by atoms with Crippen molar-refractivity contribution in [1.29, 1.82) is 0 Å². The third-order valence-corrected chi connectivity index (χ3v) is 1.98. The maximum absolute atomic E-state index is 10.9. The number of nitrogens with zero attached hydrogens (tertiary/aromatic N) is 1. The first-order valence-corrected chi connectivity index (χ1v) is 4.10. The zero-order valence-electron chi connectivity index (χ0n) is 6.87. The lowest BCUT2D eigenvalue weighted by molar-refractivity contribution is 0.548. The first-order valence-electron chi connectivity index (χ1n) is 3.73. The number of aryl methyl sites for hydroxylation is 1. The van der Waals surface area contributed by atoms with E-state index in [4.69, 9.17) is 16.0 Å². The maximum atomic E-state index is 10.9. The minimum Gasteiger partial charge on any atom is -0.404 e. The van der Waals surface area contributed by atoms with Crippen LogP contribution in [0.5, 0.6) is 0 Å². The fraction of sp³-hybridized carbons (Fsp3) is 0.111. The summed E-state index contributed by atoms with van der Waals surface area (Å²) >= 11 is 5.75. The van der Waals surface area contributed by atoms with E-state index in [1.165, 1.54) is 12.3 Å². The lowest BCUT2D eigenvalue weighted by Gasteiger charge is -1.98. The van der Waals surface area contributed by atoms with E-state index in [2.05, 4.69) is 4.98 Å². The topological polar surface area (TPSA) is 43.1 Å². The molecule has 0 N–H and O–H groups in total. The molecule has 0 aliphatic rings. The van der Waals surface area contributed by atoms with Crippen molar-refractivity contribution < 1.29 is 4.42 Å². The standard InChI is InChI=1S/C9H6ClNO2/c1-5-2-8(12)13-9-7(5)3-6(10)4-11-9/h2-4H,1H3. The van der Waals surface area contributed by atoms with Crippen LogP contribution >= 0.6 is 11.6 Å². The van der Waals surface area contributed by atoms with Crippen LogP contribution in [0.25, 0.3) is 11.1 Å². The molecular formula is C9H6ClNO2. The highest BCUT2D eigenvalue weighted by Crippen LogP contribution is 2.17. The van der Waals surface area contributed by atoms with Gasteiger partial charge in [0, 0.05) is 17.6 Å². The number of fused-ring (bicyclic) bond motifs is 1. The third kappa shape index (κ3) is 1.42. The van der Waals surface area contributed by atoms with Crippen LogP contribution in [0.1, 0.15) is 5.56 Å². The average Bonchev–Trinajstić information content (AvgIpc) is 2.06. The molecule has 0 aliphatic heterocycles. The van der Waals surface area contributed by atoms with Crippen LogP contribution in [0, 0.1) is 6.92 Å². The summed E-state index contributed by atoms with van der Waals surface area (Å²) in [4.78, 5) is 14.9. The lowest BCUT2D eigenvalue weighted by atomic mass is 10.2. The van der Waals surface area contributed by atoms with Crippen molar-refractivity contribution in [2.24, 2.45) is 0 Å². The highest BCUT2D eigenvalue weighted by atomic mass is 35.5. The van der Waals surface area contributed by atoms with E-state index in [-0.39, 0.29) is 5.63 Å². The second kappa shape index (κ2) is 2.85. The smallest absolute Gasteiger partial charge is 0.337 e. The van der Waals surface area contributed by atoms with Gasteiger partial charge in [-0.3, -0.25) is 0 Å². The summed E-state index contributed by atoms with van der Waals surface area (Å²) in [6.45, 7) is 1.82. The third-order valence-electron chi connectivity index (χ3n) is 1.77. The van der Waals surface area contributed by atoms with E-state index in [0.717, 1.165) is 10.9 Å². The van der Waals surface area contributed by atoms with Gasteiger partial charge in [-0.25, -0.2) is 9.78 Å². The van der Waals surface area contributed by atoms with E-state index in [9.17, 15) is 4.79 Å². The van der Waals surface area contributed by atoms with Gasteiger partial charge in [-0.1, -0.05) is 11.6 Å². The van der Waals surface area contributed by atoms with Crippen LogP contribution < -0.4 is 5.63 Å². The molecule has 2 aromatic heterocycles. The summed E-state index contributed by atoms with van der Waals surface area (Å²) < 4.78 is 4.87. The Morgan fingerprint density at radius 3 is 3.00 bits per heavy atom. The van der Waals surface area contributed by atoms with E-state index in [1.54, 1.807) is 6.07 Å². The second-order valence-corrected chi connectivity index (χ2v) is 3.19. The molecular weight excluding hydrogens is 190 g/mol. The number of hydrogen-bond donors (Lipinski definition) is 0. The Hall–Kier alpha value is -1.35. The monoisotopic (exact) mass is 195 g/mol. The van der Waals surface area contributed by atoms with Gasteiger partial charge in [-0.15, -0.1) is 0 Å². The van der Waals surface area contributed by atoms with Gasteiger partial charge in [-0.05, 0) is 18.6 Å². The number of hydrogen-bond acceptors (Lipinski definition) is 3. The highest BCUT2D eigenvalue weighted by molar-refractivity contribution is 6.31. The Morgan fingerprint density at radius 2 is 2.23 bits per heavy atom. The quantitative estimate of drug-likeness (QED) is 0.647. The Balaban J connectivity index is 2.95. The molecule has 0 amide bonds. The van der Waals surface area contributed by atoms with Crippen molar-refractivity contribution in [3.8, 4) is 0 Å². The van der Waals surface area contributed by atoms with Gasteiger partial charge >= 0.3 is 5.63 Å². The van der Waals surface area contributed by atoms with Crippen molar-refractivity contribution >= 4 is 22.7 Å². The molecule has 0 fully saturated rings. The number of halogens is 1. The highest BCUT2D eigenvalue weighted by Gasteiger charge is 2.02. The Labute approximate surface area is 79.0 Å². The van der Waals surface area contributed by atoms with Gasteiger partial charge < -0.3 is 4.42 Å². The van der Waals surface area contributed by atoms with E-state index < -0.39 is 0 Å². The van der Waals surface area contributed by atoms with Crippen molar-refractivity contribution in [2.75, 3.05) is 0 Å². The largest absolute Gasteiger partial charge is 0.404 e. The number of aromatic nitrogens is 1. The Bertz CT molecular complexity index is 518. The fourth-order valence-electron chi connectivity index (χ4n) is 1.17. The van der Waals surface area contributed by atoms with Gasteiger partial charge in [0.15, 0.2) is 0 Å². The van der Waals surface area contributed by atoms with E-state index >= 15 is 0 Å². The number of pyridine rings is 1.